The molecule has 0 spiro atoms. The first-order valence-corrected chi connectivity index (χ1v) is 6.10. The number of nitrogens with one attached hydrogen (secondary N) is 2. The highest BCUT2D eigenvalue weighted by Crippen LogP contribution is 2.27. The van der Waals surface area contributed by atoms with Crippen LogP contribution >= 0.6 is 0 Å². The predicted octanol–water partition coefficient (Wildman–Crippen LogP) is 2.98. The van der Waals surface area contributed by atoms with Gasteiger partial charge in [-0.05, 0) is 5.56 Å². The monoisotopic (exact) mass is 293 g/mol. The molecule has 0 bridgehead atoms. The maximum Gasteiger partial charge on any atom is 0.449 e. The minimum absolute atomic E-state index is 0.0205. The van der Waals surface area contributed by atoms with E-state index in [4.69, 9.17) is 0 Å². The van der Waals surface area contributed by atoms with Crippen molar-refractivity contribution < 1.29 is 13.2 Å². The Labute approximate surface area is 117 Å². The standard InChI is InChI=1S/C13H10F3N5/c14-13(15,16)11-19-9-7-18-12(21-10(9)20-11)17-6-8-4-2-1-3-5-8/h1-5,7H,6H2,(H2,17,18,19,20,21). The van der Waals surface area contributed by atoms with E-state index in [0.29, 0.717) is 6.54 Å². The Kier molecular flexibility index (Phi) is 3.20. The lowest BCUT2D eigenvalue weighted by Crippen LogP contribution is -2.06. The van der Waals surface area contributed by atoms with Crippen LogP contribution in [0.4, 0.5) is 19.1 Å². The summed E-state index contributed by atoms with van der Waals surface area (Å²) in [5.74, 6) is -0.849. The van der Waals surface area contributed by atoms with Gasteiger partial charge in [-0.2, -0.15) is 18.2 Å². The van der Waals surface area contributed by atoms with Gasteiger partial charge in [-0.3, -0.25) is 0 Å². The highest BCUT2D eigenvalue weighted by Gasteiger charge is 2.35. The molecule has 0 saturated heterocycles. The Balaban J connectivity index is 1.81. The average molecular weight is 293 g/mol. The molecule has 2 N–H and O–H groups in total. The molecule has 21 heavy (non-hydrogen) atoms. The topological polar surface area (TPSA) is 66.5 Å². The number of H-pyrrole nitrogens is 1. The number of fused-ring (bicyclic) bond motifs is 1. The van der Waals surface area contributed by atoms with Crippen molar-refractivity contribution in [3.8, 4) is 0 Å². The summed E-state index contributed by atoms with van der Waals surface area (Å²) in [6.45, 7) is 0.475. The minimum atomic E-state index is -4.53. The Hall–Kier alpha value is -2.64. The second-order valence-electron chi connectivity index (χ2n) is 4.35. The number of imidazole rings is 1. The van der Waals surface area contributed by atoms with E-state index in [0.717, 1.165) is 5.56 Å². The number of anilines is 1. The van der Waals surface area contributed by atoms with Crippen LogP contribution in [0.3, 0.4) is 0 Å². The van der Waals surface area contributed by atoms with Gasteiger partial charge in [0, 0.05) is 6.54 Å². The summed E-state index contributed by atoms with van der Waals surface area (Å²) in [5.41, 5.74) is 1.14. The van der Waals surface area contributed by atoms with Crippen LogP contribution in [-0.4, -0.2) is 19.9 Å². The van der Waals surface area contributed by atoms with Gasteiger partial charge >= 0.3 is 6.18 Å². The van der Waals surface area contributed by atoms with Crippen molar-refractivity contribution in [3.05, 3.63) is 47.9 Å². The third-order valence-electron chi connectivity index (χ3n) is 2.80. The molecular weight excluding hydrogens is 283 g/mol. The number of nitrogens with zero attached hydrogens (tertiary/aromatic N) is 3. The highest BCUT2D eigenvalue weighted by atomic mass is 19.4. The Morgan fingerprint density at radius 3 is 2.57 bits per heavy atom. The Morgan fingerprint density at radius 2 is 1.86 bits per heavy atom. The van der Waals surface area contributed by atoms with E-state index in [1.807, 2.05) is 30.3 Å². The van der Waals surface area contributed by atoms with Crippen LogP contribution in [0.1, 0.15) is 11.4 Å². The first-order valence-electron chi connectivity index (χ1n) is 6.10. The van der Waals surface area contributed by atoms with Crippen molar-refractivity contribution in [2.75, 3.05) is 5.32 Å². The number of alkyl halides is 3. The van der Waals surface area contributed by atoms with Crippen LogP contribution in [0.15, 0.2) is 36.5 Å². The summed E-state index contributed by atoms with van der Waals surface area (Å²) in [4.78, 5) is 13.5. The fourth-order valence-electron chi connectivity index (χ4n) is 1.80. The highest BCUT2D eigenvalue weighted by molar-refractivity contribution is 5.70. The van der Waals surface area contributed by atoms with E-state index in [2.05, 4.69) is 25.3 Å². The molecule has 0 unspecified atom stereocenters. The normalized spacial score (nSPS) is 11.8. The summed E-state index contributed by atoms with van der Waals surface area (Å²) in [5, 5.41) is 2.94. The summed E-state index contributed by atoms with van der Waals surface area (Å²) < 4.78 is 37.6. The number of hydrogen-bond donors (Lipinski definition) is 2. The molecule has 0 aliphatic heterocycles. The largest absolute Gasteiger partial charge is 0.449 e. The predicted molar refractivity (Wildman–Crippen MR) is 70.5 cm³/mol. The van der Waals surface area contributed by atoms with Crippen LogP contribution in [0.25, 0.3) is 11.2 Å². The quantitative estimate of drug-likeness (QED) is 0.779. The van der Waals surface area contributed by atoms with E-state index in [1.54, 1.807) is 0 Å². The van der Waals surface area contributed by atoms with Crippen molar-refractivity contribution in [2.24, 2.45) is 0 Å². The molecule has 0 fully saturated rings. The van der Waals surface area contributed by atoms with Gasteiger partial charge in [0.15, 0.2) is 5.65 Å². The zero-order valence-corrected chi connectivity index (χ0v) is 10.6. The molecule has 3 rings (SSSR count). The van der Waals surface area contributed by atoms with Crippen LogP contribution < -0.4 is 5.32 Å². The van der Waals surface area contributed by atoms with Gasteiger partial charge in [-0.25, -0.2) is 9.97 Å². The Morgan fingerprint density at radius 1 is 1.10 bits per heavy atom. The van der Waals surface area contributed by atoms with Gasteiger partial charge in [0.1, 0.15) is 5.52 Å². The van der Waals surface area contributed by atoms with Crippen molar-refractivity contribution in [2.45, 2.75) is 12.7 Å². The third-order valence-corrected chi connectivity index (χ3v) is 2.80. The lowest BCUT2D eigenvalue weighted by molar-refractivity contribution is -0.144. The fraction of sp³-hybridized carbons (Fsp3) is 0.154. The molecule has 0 aliphatic carbocycles. The second kappa shape index (κ2) is 5.04. The molecule has 1 aromatic carbocycles. The minimum Gasteiger partial charge on any atom is -0.350 e. The number of aromatic nitrogens is 4. The molecule has 0 atom stereocenters. The molecule has 8 heteroatoms. The van der Waals surface area contributed by atoms with Crippen LogP contribution in [0, 0.1) is 0 Å². The van der Waals surface area contributed by atoms with E-state index in [1.165, 1.54) is 6.20 Å². The SMILES string of the molecule is FC(F)(F)c1nc2nc(NCc3ccccc3)ncc2[nH]1. The van der Waals surface area contributed by atoms with E-state index in [-0.39, 0.29) is 17.1 Å². The average Bonchev–Trinajstić information content (AvgIpc) is 2.89. The number of halogens is 3. The number of aromatic amines is 1. The van der Waals surface area contributed by atoms with E-state index < -0.39 is 12.0 Å². The number of benzene rings is 1. The van der Waals surface area contributed by atoms with E-state index in [9.17, 15) is 13.2 Å². The molecule has 108 valence electrons. The summed E-state index contributed by atoms with van der Waals surface area (Å²) in [6.07, 6.45) is -3.25. The Bertz CT molecular complexity index is 751. The second-order valence-corrected chi connectivity index (χ2v) is 4.35. The lowest BCUT2D eigenvalue weighted by atomic mass is 10.2. The van der Waals surface area contributed by atoms with Crippen molar-refractivity contribution in [3.63, 3.8) is 0 Å². The van der Waals surface area contributed by atoms with Gasteiger partial charge in [0.2, 0.25) is 11.8 Å². The molecule has 2 heterocycles. The summed E-state index contributed by atoms with van der Waals surface area (Å²) >= 11 is 0. The van der Waals surface area contributed by atoms with Gasteiger partial charge in [-0.15, -0.1) is 0 Å². The van der Waals surface area contributed by atoms with Gasteiger partial charge < -0.3 is 10.3 Å². The maximum atomic E-state index is 12.5. The smallest absolute Gasteiger partial charge is 0.350 e. The zero-order valence-electron chi connectivity index (χ0n) is 10.6. The molecule has 0 amide bonds. The first-order chi connectivity index (χ1) is 10.0. The first kappa shape index (κ1) is 13.3. The fourth-order valence-corrected chi connectivity index (χ4v) is 1.80. The van der Waals surface area contributed by atoms with Gasteiger partial charge in [-0.1, -0.05) is 30.3 Å². The molecular formula is C13H10F3N5. The third kappa shape index (κ3) is 2.93. The van der Waals surface area contributed by atoms with Crippen molar-refractivity contribution >= 4 is 17.1 Å². The molecule has 3 aromatic rings. The summed E-state index contributed by atoms with van der Waals surface area (Å²) in [6, 6.07) is 9.52. The molecule has 0 aliphatic rings. The van der Waals surface area contributed by atoms with Crippen LogP contribution in [0.2, 0.25) is 0 Å². The van der Waals surface area contributed by atoms with Crippen molar-refractivity contribution in [1.29, 1.82) is 0 Å². The maximum absolute atomic E-state index is 12.5. The molecule has 2 aromatic heterocycles. The summed E-state index contributed by atoms with van der Waals surface area (Å²) in [7, 11) is 0. The zero-order chi connectivity index (χ0) is 14.9. The van der Waals surface area contributed by atoms with Gasteiger partial charge in [0.25, 0.3) is 0 Å². The van der Waals surface area contributed by atoms with Crippen LogP contribution in [-0.2, 0) is 12.7 Å². The van der Waals surface area contributed by atoms with Crippen LogP contribution in [0.5, 0.6) is 0 Å². The molecule has 0 radical (unpaired) electrons. The lowest BCUT2D eigenvalue weighted by Gasteiger charge is -2.03. The van der Waals surface area contributed by atoms with Gasteiger partial charge in [0.05, 0.1) is 6.20 Å². The molecule has 0 saturated carbocycles. The number of rotatable bonds is 3. The van der Waals surface area contributed by atoms with E-state index >= 15 is 0 Å². The molecule has 5 nitrogen and oxygen atoms in total. The number of hydrogen-bond acceptors (Lipinski definition) is 4. The van der Waals surface area contributed by atoms with Crippen molar-refractivity contribution in [1.82, 2.24) is 19.9 Å².